The molecule has 1 aliphatic rings. The van der Waals surface area contributed by atoms with E-state index >= 15 is 0 Å². The van der Waals surface area contributed by atoms with Gasteiger partial charge in [-0.15, -0.1) is 0 Å². The fraction of sp³-hybridized carbons (Fsp3) is 0.438. The first-order valence-electron chi connectivity index (χ1n) is 7.60. The van der Waals surface area contributed by atoms with Crippen molar-refractivity contribution in [2.24, 2.45) is 0 Å². The van der Waals surface area contributed by atoms with Gasteiger partial charge in [0.2, 0.25) is 0 Å². The monoisotopic (exact) mass is 325 g/mol. The lowest BCUT2D eigenvalue weighted by molar-refractivity contribution is -0.137. The van der Waals surface area contributed by atoms with Gasteiger partial charge in [-0.05, 0) is 43.7 Å². The Hall–Kier alpha value is -2.02. The first-order valence-corrected chi connectivity index (χ1v) is 7.60. The van der Waals surface area contributed by atoms with Crippen LogP contribution < -0.4 is 10.1 Å². The molecule has 3 rings (SSSR count). The highest BCUT2D eigenvalue weighted by atomic mass is 19.4. The third-order valence-corrected chi connectivity index (χ3v) is 3.87. The maximum Gasteiger partial charge on any atom is 0.416 e. The quantitative estimate of drug-likeness (QED) is 0.885. The van der Waals surface area contributed by atoms with Crippen LogP contribution in [0.1, 0.15) is 35.8 Å². The fourth-order valence-electron chi connectivity index (χ4n) is 2.66. The van der Waals surface area contributed by atoms with Gasteiger partial charge in [-0.25, -0.2) is 0 Å². The van der Waals surface area contributed by atoms with Crippen molar-refractivity contribution in [3.8, 4) is 5.75 Å². The van der Waals surface area contributed by atoms with Crippen molar-refractivity contribution in [3.63, 3.8) is 0 Å². The summed E-state index contributed by atoms with van der Waals surface area (Å²) in [5.74, 6) is 0.219. The average molecular weight is 325 g/mol. The molecule has 2 N–H and O–H groups in total. The van der Waals surface area contributed by atoms with E-state index in [1.807, 2.05) is 6.07 Å². The van der Waals surface area contributed by atoms with Crippen molar-refractivity contribution in [3.05, 3.63) is 47.3 Å². The fourth-order valence-corrected chi connectivity index (χ4v) is 2.66. The molecule has 0 saturated carbocycles. The third-order valence-electron chi connectivity index (χ3n) is 3.87. The summed E-state index contributed by atoms with van der Waals surface area (Å²) in [5, 5.41) is 10.6. The van der Waals surface area contributed by atoms with Crippen molar-refractivity contribution >= 4 is 0 Å². The van der Waals surface area contributed by atoms with Crippen molar-refractivity contribution in [2.75, 3.05) is 13.2 Å². The van der Waals surface area contributed by atoms with Gasteiger partial charge in [0.1, 0.15) is 5.75 Å². The summed E-state index contributed by atoms with van der Waals surface area (Å²) in [6, 6.07) is 7.19. The molecule has 23 heavy (non-hydrogen) atoms. The van der Waals surface area contributed by atoms with E-state index in [-0.39, 0.29) is 5.75 Å². The number of alkyl halides is 3. The molecule has 1 aromatic heterocycles. The minimum atomic E-state index is -4.36. The maximum absolute atomic E-state index is 12.6. The molecule has 1 aromatic carbocycles. The Morgan fingerprint density at radius 3 is 2.87 bits per heavy atom. The highest BCUT2D eigenvalue weighted by Crippen LogP contribution is 2.31. The zero-order valence-corrected chi connectivity index (χ0v) is 12.5. The van der Waals surface area contributed by atoms with Crippen LogP contribution in [-0.2, 0) is 12.6 Å². The smallest absolute Gasteiger partial charge is 0.416 e. The number of aromatic nitrogens is 2. The second-order valence-corrected chi connectivity index (χ2v) is 5.59. The number of benzene rings is 1. The van der Waals surface area contributed by atoms with Gasteiger partial charge in [-0.2, -0.15) is 18.3 Å². The van der Waals surface area contributed by atoms with Gasteiger partial charge in [-0.3, -0.25) is 5.10 Å². The van der Waals surface area contributed by atoms with E-state index in [1.165, 1.54) is 12.1 Å². The number of hydrogen-bond donors (Lipinski definition) is 2. The summed E-state index contributed by atoms with van der Waals surface area (Å²) in [5.41, 5.74) is 1.20. The normalized spacial score (nSPS) is 18.3. The van der Waals surface area contributed by atoms with Crippen LogP contribution >= 0.6 is 0 Å². The van der Waals surface area contributed by atoms with Crippen LogP contribution in [0, 0.1) is 0 Å². The highest BCUT2D eigenvalue weighted by Gasteiger charge is 2.30. The average Bonchev–Trinajstić information content (AvgIpc) is 3.18. The SMILES string of the molecule is FC(F)(F)c1cccc(OCCc2cc(C3CCCN3)n[nH]2)c1. The van der Waals surface area contributed by atoms with Gasteiger partial charge in [0, 0.05) is 12.1 Å². The molecule has 0 amide bonds. The molecule has 1 aliphatic heterocycles. The van der Waals surface area contributed by atoms with Crippen LogP contribution in [0.3, 0.4) is 0 Å². The predicted octanol–water partition coefficient (Wildman–Crippen LogP) is 3.47. The Labute approximate surface area is 132 Å². The number of nitrogens with one attached hydrogen (secondary N) is 2. The lowest BCUT2D eigenvalue weighted by Gasteiger charge is -2.09. The third kappa shape index (κ3) is 4.04. The van der Waals surface area contributed by atoms with Crippen molar-refractivity contribution in [2.45, 2.75) is 31.5 Å². The Morgan fingerprint density at radius 1 is 1.26 bits per heavy atom. The molecule has 124 valence electrons. The summed E-state index contributed by atoms with van der Waals surface area (Å²) < 4.78 is 43.3. The molecule has 1 unspecified atom stereocenters. The van der Waals surface area contributed by atoms with Crippen LogP contribution in [0.2, 0.25) is 0 Å². The molecule has 1 atom stereocenters. The molecule has 0 bridgehead atoms. The first kappa shape index (κ1) is 15.9. The summed E-state index contributed by atoms with van der Waals surface area (Å²) >= 11 is 0. The first-order chi connectivity index (χ1) is 11.0. The number of ether oxygens (including phenoxy) is 1. The lowest BCUT2D eigenvalue weighted by atomic mass is 10.1. The van der Waals surface area contributed by atoms with Gasteiger partial charge in [-0.1, -0.05) is 6.07 Å². The highest BCUT2D eigenvalue weighted by molar-refractivity contribution is 5.30. The topological polar surface area (TPSA) is 49.9 Å². The molecule has 1 saturated heterocycles. The van der Waals surface area contributed by atoms with Crippen molar-refractivity contribution < 1.29 is 17.9 Å². The summed E-state index contributed by atoms with van der Waals surface area (Å²) in [6.07, 6.45) is -1.57. The van der Waals surface area contributed by atoms with E-state index in [9.17, 15) is 13.2 Å². The largest absolute Gasteiger partial charge is 0.493 e. The minimum absolute atomic E-state index is 0.219. The molecular weight excluding hydrogens is 307 g/mol. The minimum Gasteiger partial charge on any atom is -0.493 e. The van der Waals surface area contributed by atoms with Crippen molar-refractivity contribution in [1.82, 2.24) is 15.5 Å². The molecule has 4 nitrogen and oxygen atoms in total. The van der Waals surface area contributed by atoms with Gasteiger partial charge in [0.25, 0.3) is 0 Å². The van der Waals surface area contributed by atoms with Gasteiger partial charge < -0.3 is 10.1 Å². The molecule has 2 aromatic rings. The van der Waals surface area contributed by atoms with E-state index in [2.05, 4.69) is 15.5 Å². The number of halogens is 3. The van der Waals surface area contributed by atoms with Gasteiger partial charge in [0.15, 0.2) is 0 Å². The number of aromatic amines is 1. The van der Waals surface area contributed by atoms with E-state index in [4.69, 9.17) is 4.74 Å². The zero-order chi connectivity index (χ0) is 16.3. The summed E-state index contributed by atoms with van der Waals surface area (Å²) in [4.78, 5) is 0. The number of hydrogen-bond acceptors (Lipinski definition) is 3. The van der Waals surface area contributed by atoms with Crippen LogP contribution in [0.15, 0.2) is 30.3 Å². The van der Waals surface area contributed by atoms with Crippen LogP contribution in [0.25, 0.3) is 0 Å². The number of nitrogens with zero attached hydrogens (tertiary/aromatic N) is 1. The maximum atomic E-state index is 12.6. The van der Waals surface area contributed by atoms with Gasteiger partial charge in [0.05, 0.1) is 23.9 Å². The second-order valence-electron chi connectivity index (χ2n) is 5.59. The van der Waals surface area contributed by atoms with E-state index in [0.717, 1.165) is 42.9 Å². The predicted molar refractivity (Wildman–Crippen MR) is 79.2 cm³/mol. The molecule has 7 heteroatoms. The Morgan fingerprint density at radius 2 is 2.13 bits per heavy atom. The molecule has 0 spiro atoms. The van der Waals surface area contributed by atoms with Crippen molar-refractivity contribution in [1.29, 1.82) is 0 Å². The molecule has 2 heterocycles. The van der Waals surface area contributed by atoms with E-state index < -0.39 is 11.7 Å². The molecular formula is C16H18F3N3O. The molecule has 0 aliphatic carbocycles. The van der Waals surface area contributed by atoms with Crippen LogP contribution in [-0.4, -0.2) is 23.3 Å². The molecule has 0 radical (unpaired) electrons. The lowest BCUT2D eigenvalue weighted by Crippen LogP contribution is -2.13. The molecule has 1 fully saturated rings. The standard InChI is InChI=1S/C16H18F3N3O/c17-16(18,19)11-3-1-4-13(9-11)23-8-6-12-10-15(22-21-12)14-5-2-7-20-14/h1,3-4,9-10,14,20H,2,5-8H2,(H,21,22). The Kier molecular flexibility index (Phi) is 4.56. The Balaban J connectivity index is 1.53. The van der Waals surface area contributed by atoms with Gasteiger partial charge >= 0.3 is 6.18 Å². The zero-order valence-electron chi connectivity index (χ0n) is 12.5. The number of H-pyrrole nitrogens is 1. The second kappa shape index (κ2) is 6.62. The summed E-state index contributed by atoms with van der Waals surface area (Å²) in [7, 11) is 0. The van der Waals surface area contributed by atoms with E-state index in [1.54, 1.807) is 0 Å². The van der Waals surface area contributed by atoms with Crippen LogP contribution in [0.4, 0.5) is 13.2 Å². The Bertz CT molecular complexity index is 648. The van der Waals surface area contributed by atoms with Crippen LogP contribution in [0.5, 0.6) is 5.75 Å². The summed E-state index contributed by atoms with van der Waals surface area (Å²) in [6.45, 7) is 1.30. The van der Waals surface area contributed by atoms with E-state index in [0.29, 0.717) is 19.1 Å². The number of rotatable bonds is 5.